The van der Waals surface area contributed by atoms with E-state index in [-0.39, 0.29) is 28.6 Å². The Labute approximate surface area is 157 Å². The summed E-state index contributed by atoms with van der Waals surface area (Å²) in [7, 11) is -0.107. The molecule has 0 heterocycles. The van der Waals surface area contributed by atoms with Crippen LogP contribution < -0.4 is 4.74 Å². The summed E-state index contributed by atoms with van der Waals surface area (Å²) in [6, 6.07) is 11.8. The maximum atomic E-state index is 12.3. The van der Waals surface area contributed by atoms with E-state index in [0.29, 0.717) is 10.0 Å². The molecule has 0 fully saturated rings. The molecule has 0 unspecified atom stereocenters. The smallest absolute Gasteiger partial charge is 0.343 e. The Morgan fingerprint density at radius 3 is 2.30 bits per heavy atom. The monoisotopic (exact) mass is 393 g/mol. The van der Waals surface area contributed by atoms with Crippen molar-refractivity contribution < 1.29 is 32.3 Å². The molecule has 0 aliphatic heterocycles. The van der Waals surface area contributed by atoms with Gasteiger partial charge in [-0.05, 0) is 35.9 Å². The van der Waals surface area contributed by atoms with Gasteiger partial charge in [0.25, 0.3) is 10.0 Å². The third-order valence-electron chi connectivity index (χ3n) is 3.67. The van der Waals surface area contributed by atoms with Gasteiger partial charge < -0.3 is 9.47 Å². The lowest BCUT2D eigenvalue weighted by Crippen LogP contribution is -2.26. The van der Waals surface area contributed by atoms with Crippen LogP contribution in [-0.2, 0) is 30.8 Å². The molecule has 0 amide bonds. The Kier molecular flexibility index (Phi) is 6.67. The van der Waals surface area contributed by atoms with Gasteiger partial charge in [-0.2, -0.15) is 0 Å². The van der Waals surface area contributed by atoms with Gasteiger partial charge in [-0.25, -0.2) is 13.2 Å². The molecule has 0 spiro atoms. The van der Waals surface area contributed by atoms with Gasteiger partial charge in [0.1, 0.15) is 5.75 Å². The second-order valence-corrected chi connectivity index (χ2v) is 7.35. The highest BCUT2D eigenvalue weighted by atomic mass is 32.2. The van der Waals surface area contributed by atoms with Gasteiger partial charge in [-0.3, -0.25) is 9.63 Å². The minimum Gasteiger partial charge on any atom is -0.469 e. The van der Waals surface area contributed by atoms with Crippen molar-refractivity contribution in [2.24, 2.45) is 0 Å². The number of carbonyl (C=O) groups is 2. The summed E-state index contributed by atoms with van der Waals surface area (Å²) in [6.45, 7) is 0. The maximum absolute atomic E-state index is 12.3. The first-order valence-electron chi connectivity index (χ1n) is 7.79. The molecule has 9 heteroatoms. The van der Waals surface area contributed by atoms with Crippen LogP contribution in [0.1, 0.15) is 15.9 Å². The lowest BCUT2D eigenvalue weighted by Gasteiger charge is -2.14. The van der Waals surface area contributed by atoms with Gasteiger partial charge in [-0.15, -0.1) is 0 Å². The molecule has 8 nitrogen and oxygen atoms in total. The summed E-state index contributed by atoms with van der Waals surface area (Å²) in [5.41, 5.74) is 0.775. The number of benzene rings is 2. The topological polar surface area (TPSA) is 99.2 Å². The van der Waals surface area contributed by atoms with Gasteiger partial charge in [0.05, 0.1) is 31.1 Å². The van der Waals surface area contributed by atoms with Crippen LogP contribution in [0.5, 0.6) is 5.75 Å². The number of methoxy groups -OCH3 is 1. The number of nitrogens with zero attached hydrogens (tertiary/aromatic N) is 1. The molecule has 0 atom stereocenters. The first-order chi connectivity index (χ1) is 12.8. The van der Waals surface area contributed by atoms with Crippen molar-refractivity contribution >= 4 is 22.0 Å². The normalized spacial score (nSPS) is 11.3. The van der Waals surface area contributed by atoms with Crippen LogP contribution in [-0.4, -0.2) is 46.1 Å². The molecular formula is C18H19NO7S. The van der Waals surface area contributed by atoms with Gasteiger partial charge in [0, 0.05) is 7.05 Å². The fourth-order valence-electron chi connectivity index (χ4n) is 2.11. The molecule has 2 aromatic rings. The van der Waals surface area contributed by atoms with Crippen molar-refractivity contribution in [3.8, 4) is 5.75 Å². The van der Waals surface area contributed by atoms with Crippen molar-refractivity contribution in [3.05, 3.63) is 59.7 Å². The molecule has 2 rings (SSSR count). The Morgan fingerprint density at radius 2 is 1.70 bits per heavy atom. The number of sulfonamides is 1. The van der Waals surface area contributed by atoms with Crippen LogP contribution in [0.2, 0.25) is 0 Å². The molecule has 144 valence electrons. The highest BCUT2D eigenvalue weighted by Crippen LogP contribution is 2.19. The summed E-state index contributed by atoms with van der Waals surface area (Å²) in [5.74, 6) is -0.831. The zero-order valence-corrected chi connectivity index (χ0v) is 15.9. The highest BCUT2D eigenvalue weighted by molar-refractivity contribution is 7.89. The maximum Gasteiger partial charge on any atom is 0.343 e. The van der Waals surface area contributed by atoms with E-state index < -0.39 is 16.0 Å². The third kappa shape index (κ3) is 5.13. The fraction of sp³-hybridized carbons (Fsp3) is 0.222. The summed E-state index contributed by atoms with van der Waals surface area (Å²) >= 11 is 0. The molecule has 0 aliphatic rings. The molecule has 0 saturated carbocycles. The van der Waals surface area contributed by atoms with Crippen LogP contribution in [0.25, 0.3) is 0 Å². The van der Waals surface area contributed by atoms with E-state index in [4.69, 9.17) is 9.57 Å². The van der Waals surface area contributed by atoms with Crippen LogP contribution in [0.15, 0.2) is 53.4 Å². The molecular weight excluding hydrogens is 374 g/mol. The minimum absolute atomic E-state index is 0.0687. The van der Waals surface area contributed by atoms with Crippen LogP contribution in [0, 0.1) is 0 Å². The zero-order chi connectivity index (χ0) is 20.0. The second-order valence-electron chi connectivity index (χ2n) is 5.41. The molecule has 0 aromatic heterocycles. The van der Waals surface area contributed by atoms with Crippen LogP contribution >= 0.6 is 0 Å². The van der Waals surface area contributed by atoms with E-state index in [1.54, 1.807) is 12.1 Å². The average Bonchev–Trinajstić information content (AvgIpc) is 2.68. The molecule has 0 N–H and O–H groups in total. The average molecular weight is 393 g/mol. The molecule has 0 radical (unpaired) electrons. The number of carbonyl (C=O) groups excluding carboxylic acids is 2. The Morgan fingerprint density at radius 1 is 1.04 bits per heavy atom. The van der Waals surface area contributed by atoms with Gasteiger partial charge in [-0.1, -0.05) is 22.7 Å². The molecule has 0 bridgehead atoms. The van der Waals surface area contributed by atoms with E-state index >= 15 is 0 Å². The number of hydrogen-bond acceptors (Lipinski definition) is 7. The summed E-state index contributed by atoms with van der Waals surface area (Å²) in [4.78, 5) is 28.2. The summed E-state index contributed by atoms with van der Waals surface area (Å²) < 4.78 is 35.0. The first kappa shape index (κ1) is 20.6. The summed E-state index contributed by atoms with van der Waals surface area (Å²) in [5, 5.41) is 0. The first-order valence-corrected chi connectivity index (χ1v) is 9.23. The molecule has 0 saturated heterocycles. The molecule has 2 aromatic carbocycles. The van der Waals surface area contributed by atoms with Crippen molar-refractivity contribution in [1.29, 1.82) is 0 Å². The van der Waals surface area contributed by atoms with Gasteiger partial charge in [0.15, 0.2) is 0 Å². The summed E-state index contributed by atoms with van der Waals surface area (Å²) in [6.07, 6.45) is 0.109. The van der Waals surface area contributed by atoms with Crippen molar-refractivity contribution in [3.63, 3.8) is 0 Å². The Balaban J connectivity index is 2.15. The second kappa shape index (κ2) is 8.76. The van der Waals surface area contributed by atoms with E-state index in [0.717, 1.165) is 0 Å². The lowest BCUT2D eigenvalue weighted by molar-refractivity contribution is -0.139. The van der Waals surface area contributed by atoms with Gasteiger partial charge in [0.2, 0.25) is 0 Å². The van der Waals surface area contributed by atoms with Gasteiger partial charge >= 0.3 is 11.9 Å². The number of esters is 2. The lowest BCUT2D eigenvalue weighted by atomic mass is 10.1. The van der Waals surface area contributed by atoms with E-state index in [2.05, 4.69) is 4.74 Å². The van der Waals surface area contributed by atoms with E-state index in [9.17, 15) is 18.0 Å². The van der Waals surface area contributed by atoms with Crippen molar-refractivity contribution in [1.82, 2.24) is 4.47 Å². The van der Waals surface area contributed by atoms with E-state index in [1.165, 1.54) is 57.7 Å². The standard InChI is InChI=1S/C18H19NO7S/c1-19(25-3)27(22,23)16-6-4-5-14(12-16)18(21)26-15-9-7-13(8-10-15)11-17(20)24-2/h4-10,12H,11H2,1-3H3. The van der Waals surface area contributed by atoms with Crippen LogP contribution in [0.4, 0.5) is 0 Å². The minimum atomic E-state index is -3.88. The largest absolute Gasteiger partial charge is 0.469 e. The van der Waals surface area contributed by atoms with Crippen molar-refractivity contribution in [2.45, 2.75) is 11.3 Å². The SMILES string of the molecule is COC(=O)Cc1ccc(OC(=O)c2cccc(S(=O)(=O)N(C)OC)c2)cc1. The predicted molar refractivity (Wildman–Crippen MR) is 95.5 cm³/mol. The quantitative estimate of drug-likeness (QED) is 0.402. The number of ether oxygens (including phenoxy) is 2. The van der Waals surface area contributed by atoms with Crippen LogP contribution in [0.3, 0.4) is 0 Å². The predicted octanol–water partition coefficient (Wildman–Crippen LogP) is 1.80. The highest BCUT2D eigenvalue weighted by Gasteiger charge is 2.22. The zero-order valence-electron chi connectivity index (χ0n) is 15.0. The molecule has 27 heavy (non-hydrogen) atoms. The number of hydrogen-bond donors (Lipinski definition) is 0. The van der Waals surface area contributed by atoms with Crippen molar-refractivity contribution in [2.75, 3.05) is 21.3 Å². The Bertz CT molecular complexity index is 923. The molecule has 0 aliphatic carbocycles. The number of rotatable bonds is 7. The number of hydroxylamine groups is 1. The fourth-order valence-corrected chi connectivity index (χ4v) is 3.13. The van der Waals surface area contributed by atoms with E-state index in [1.807, 2.05) is 0 Å². The Hall–Kier alpha value is -2.75. The third-order valence-corrected chi connectivity index (χ3v) is 5.35.